The van der Waals surface area contributed by atoms with Crippen LogP contribution in [-0.2, 0) is 0 Å². The van der Waals surface area contributed by atoms with Gasteiger partial charge in [0.05, 0.1) is 22.4 Å². The van der Waals surface area contributed by atoms with Gasteiger partial charge in [-0.05, 0) is 83.7 Å². The molecule has 0 spiro atoms. The van der Waals surface area contributed by atoms with Gasteiger partial charge < -0.3 is 9.80 Å². The number of fused-ring (bicyclic) bond motifs is 2. The molecule has 1 aromatic heterocycles. The van der Waals surface area contributed by atoms with Gasteiger partial charge in [0.1, 0.15) is 0 Å². The topological polar surface area (TPSA) is 49.3 Å². The molecule has 2 fully saturated rings. The van der Waals surface area contributed by atoms with Crippen LogP contribution in [0.25, 0.3) is 11.0 Å². The molecule has 0 aliphatic heterocycles. The minimum Gasteiger partial charge on any atom is -0.339 e. The Morgan fingerprint density at radius 3 is 2.04 bits per heavy atom. The Balaban J connectivity index is 1.49. The summed E-state index contributed by atoms with van der Waals surface area (Å²) in [6.07, 6.45) is 4.84. The van der Waals surface area contributed by atoms with Crippen molar-refractivity contribution < 1.29 is 4.79 Å². The van der Waals surface area contributed by atoms with Crippen molar-refractivity contribution in [2.24, 2.45) is 11.8 Å². The molecule has 27 heavy (non-hydrogen) atoms. The lowest BCUT2D eigenvalue weighted by atomic mass is 10.0. The fourth-order valence-corrected chi connectivity index (χ4v) is 5.02. The number of hydrogen-bond donors (Lipinski definition) is 0. The number of aryl methyl sites for hydroxylation is 2. The van der Waals surface area contributed by atoms with Crippen LogP contribution in [0.5, 0.6) is 0 Å². The smallest absolute Gasteiger partial charge is 0.253 e. The molecular formula is C22H30N4O. The maximum atomic E-state index is 13.1. The van der Waals surface area contributed by atoms with Crippen LogP contribution in [0.15, 0.2) is 18.2 Å². The number of carbonyl (C=O) groups is 1. The van der Waals surface area contributed by atoms with Crippen molar-refractivity contribution in [3.8, 4) is 0 Å². The zero-order valence-electron chi connectivity index (χ0n) is 17.1. The van der Waals surface area contributed by atoms with Gasteiger partial charge in [0.15, 0.2) is 0 Å². The number of hydrogen-bond acceptors (Lipinski definition) is 4. The molecule has 144 valence electrons. The van der Waals surface area contributed by atoms with Crippen LogP contribution in [0.4, 0.5) is 0 Å². The van der Waals surface area contributed by atoms with E-state index >= 15 is 0 Å². The van der Waals surface area contributed by atoms with Gasteiger partial charge in [0, 0.05) is 24.7 Å². The van der Waals surface area contributed by atoms with Gasteiger partial charge in [-0.15, -0.1) is 0 Å². The summed E-state index contributed by atoms with van der Waals surface area (Å²) >= 11 is 0. The first kappa shape index (κ1) is 18.4. The summed E-state index contributed by atoms with van der Waals surface area (Å²) in [5.41, 5.74) is 4.22. The minimum absolute atomic E-state index is 0.103. The van der Waals surface area contributed by atoms with Crippen molar-refractivity contribution >= 4 is 16.9 Å². The summed E-state index contributed by atoms with van der Waals surface area (Å²) in [4.78, 5) is 26.6. The monoisotopic (exact) mass is 366 g/mol. The van der Waals surface area contributed by atoms with Crippen LogP contribution in [0.2, 0.25) is 0 Å². The Morgan fingerprint density at radius 1 is 0.889 bits per heavy atom. The molecule has 1 aromatic carbocycles. The van der Waals surface area contributed by atoms with E-state index < -0.39 is 0 Å². The largest absolute Gasteiger partial charge is 0.339 e. The molecule has 2 unspecified atom stereocenters. The van der Waals surface area contributed by atoms with Crippen molar-refractivity contribution in [1.29, 1.82) is 0 Å². The number of aromatic nitrogens is 2. The fraction of sp³-hybridized carbons (Fsp3) is 0.591. The average Bonchev–Trinajstić information content (AvgIpc) is 3.20. The molecule has 4 rings (SSSR count). The average molecular weight is 367 g/mol. The van der Waals surface area contributed by atoms with Crippen LogP contribution in [0, 0.1) is 25.7 Å². The molecule has 2 saturated carbocycles. The van der Waals surface area contributed by atoms with E-state index in [4.69, 9.17) is 0 Å². The zero-order chi connectivity index (χ0) is 19.3. The summed E-state index contributed by atoms with van der Waals surface area (Å²) in [6, 6.07) is 6.78. The third kappa shape index (κ3) is 3.33. The predicted octanol–water partition coefficient (Wildman–Crippen LogP) is 3.44. The first-order chi connectivity index (χ1) is 12.8. The second-order valence-electron chi connectivity index (χ2n) is 8.75. The van der Waals surface area contributed by atoms with Crippen LogP contribution in [0.3, 0.4) is 0 Å². The molecule has 5 nitrogen and oxygen atoms in total. The number of nitrogens with zero attached hydrogens (tertiary/aromatic N) is 4. The SMILES string of the molecule is Cc1nc2ccc(C(=O)N(C)C3C[C@H]4CC(N(C)C)C[C@H]4C3)cc2nc1C. The number of amides is 1. The molecule has 0 bridgehead atoms. The van der Waals surface area contributed by atoms with Crippen LogP contribution >= 0.6 is 0 Å². The Kier molecular flexibility index (Phi) is 4.66. The Morgan fingerprint density at radius 2 is 1.44 bits per heavy atom. The summed E-state index contributed by atoms with van der Waals surface area (Å²) in [5.74, 6) is 1.64. The standard InChI is InChI=1S/C22H30N4O/c1-13-14(2)24-21-12-15(6-7-20(21)23-13)22(27)26(5)19-10-16-8-18(25(3)4)9-17(16)11-19/h6-7,12,16-19H,8-11H2,1-5H3/t16-,17+,18?,19?. The molecule has 0 saturated heterocycles. The molecule has 1 amide bonds. The first-order valence-electron chi connectivity index (χ1n) is 10.0. The van der Waals surface area contributed by atoms with Crippen molar-refractivity contribution in [1.82, 2.24) is 19.8 Å². The van der Waals surface area contributed by atoms with Gasteiger partial charge in [0.25, 0.3) is 5.91 Å². The molecule has 5 heteroatoms. The van der Waals surface area contributed by atoms with Crippen molar-refractivity contribution in [2.45, 2.75) is 51.6 Å². The lowest BCUT2D eigenvalue weighted by Crippen LogP contribution is -2.36. The fourth-order valence-electron chi connectivity index (χ4n) is 5.02. The quantitative estimate of drug-likeness (QED) is 0.835. The molecule has 1 heterocycles. The first-order valence-corrected chi connectivity index (χ1v) is 10.0. The highest BCUT2D eigenvalue weighted by Gasteiger charge is 2.44. The minimum atomic E-state index is 0.103. The molecule has 2 aliphatic carbocycles. The Bertz CT molecular complexity index is 864. The summed E-state index contributed by atoms with van der Waals surface area (Å²) in [5, 5.41) is 0. The lowest BCUT2D eigenvalue weighted by Gasteiger charge is -2.27. The Hall–Kier alpha value is -2.01. The van der Waals surface area contributed by atoms with Crippen molar-refractivity contribution in [3.05, 3.63) is 35.2 Å². The lowest BCUT2D eigenvalue weighted by molar-refractivity contribution is 0.0726. The molecular weight excluding hydrogens is 336 g/mol. The van der Waals surface area contributed by atoms with Crippen molar-refractivity contribution in [2.75, 3.05) is 21.1 Å². The molecule has 2 aliphatic rings. The summed E-state index contributed by atoms with van der Waals surface area (Å²) in [7, 11) is 6.34. The van der Waals surface area contributed by atoms with E-state index in [9.17, 15) is 4.79 Å². The van der Waals surface area contributed by atoms with Crippen molar-refractivity contribution in [3.63, 3.8) is 0 Å². The van der Waals surface area contributed by atoms with Gasteiger partial charge in [-0.3, -0.25) is 4.79 Å². The van der Waals surface area contributed by atoms with Gasteiger partial charge in [0.2, 0.25) is 0 Å². The number of benzene rings is 1. The van der Waals surface area contributed by atoms with Crippen LogP contribution in [-0.4, -0.2) is 58.9 Å². The number of rotatable bonds is 3. The van der Waals surface area contributed by atoms with Gasteiger partial charge in [-0.25, -0.2) is 9.97 Å². The van der Waals surface area contributed by atoms with E-state index in [0.717, 1.165) is 47.1 Å². The maximum absolute atomic E-state index is 13.1. The molecule has 4 atom stereocenters. The normalized spacial score (nSPS) is 27.3. The summed E-state index contributed by atoms with van der Waals surface area (Å²) in [6.45, 7) is 3.92. The highest BCUT2D eigenvalue weighted by molar-refractivity contribution is 5.97. The second kappa shape index (κ2) is 6.86. The maximum Gasteiger partial charge on any atom is 0.253 e. The highest BCUT2D eigenvalue weighted by Crippen LogP contribution is 2.46. The van der Waals surface area contributed by atoms with E-state index in [-0.39, 0.29) is 5.91 Å². The molecule has 0 N–H and O–H groups in total. The predicted molar refractivity (Wildman–Crippen MR) is 108 cm³/mol. The third-order valence-corrected chi connectivity index (χ3v) is 6.89. The Labute approximate surface area is 161 Å². The zero-order valence-corrected chi connectivity index (χ0v) is 17.1. The van der Waals surface area contributed by atoms with Crippen LogP contribution < -0.4 is 0 Å². The second-order valence-corrected chi connectivity index (χ2v) is 8.75. The van der Waals surface area contributed by atoms with E-state index in [0.29, 0.717) is 17.6 Å². The van der Waals surface area contributed by atoms with Crippen LogP contribution in [0.1, 0.15) is 47.4 Å². The van der Waals surface area contributed by atoms with E-state index in [1.54, 1.807) is 0 Å². The summed E-state index contributed by atoms with van der Waals surface area (Å²) < 4.78 is 0. The molecule has 2 aromatic rings. The molecule has 0 radical (unpaired) electrons. The van der Waals surface area contributed by atoms with Gasteiger partial charge >= 0.3 is 0 Å². The number of carbonyl (C=O) groups excluding carboxylic acids is 1. The van der Waals surface area contributed by atoms with E-state index in [1.807, 2.05) is 44.0 Å². The van der Waals surface area contributed by atoms with Gasteiger partial charge in [-0.1, -0.05) is 0 Å². The highest BCUT2D eigenvalue weighted by atomic mass is 16.2. The van der Waals surface area contributed by atoms with Gasteiger partial charge in [-0.2, -0.15) is 0 Å². The van der Waals surface area contributed by atoms with E-state index in [1.165, 1.54) is 12.8 Å². The van der Waals surface area contributed by atoms with E-state index in [2.05, 4.69) is 29.0 Å². The third-order valence-electron chi connectivity index (χ3n) is 6.89.